The highest BCUT2D eigenvalue weighted by Gasteiger charge is 2.22. The van der Waals surface area contributed by atoms with Gasteiger partial charge in [-0.15, -0.1) is 0 Å². The second-order valence-electron chi connectivity index (χ2n) is 7.21. The Kier molecular flexibility index (Phi) is 5.93. The van der Waals surface area contributed by atoms with Gasteiger partial charge in [0.2, 0.25) is 5.91 Å². The van der Waals surface area contributed by atoms with Crippen molar-refractivity contribution in [1.82, 2.24) is 9.88 Å². The lowest BCUT2D eigenvalue weighted by Gasteiger charge is -2.36. The zero-order valence-corrected chi connectivity index (χ0v) is 16.4. The van der Waals surface area contributed by atoms with Crippen LogP contribution in [0.5, 0.6) is 11.5 Å². The quantitative estimate of drug-likeness (QED) is 0.725. The molecule has 1 aromatic carbocycles. The molecule has 4 rings (SSSR count). The zero-order chi connectivity index (χ0) is 20.1. The number of carbonyl (C=O) groups is 2. The van der Waals surface area contributed by atoms with Crippen molar-refractivity contribution in [3.05, 3.63) is 48.3 Å². The van der Waals surface area contributed by atoms with Crippen molar-refractivity contribution >= 4 is 17.4 Å². The van der Waals surface area contributed by atoms with Crippen LogP contribution in [0.4, 0.5) is 5.69 Å². The van der Waals surface area contributed by atoms with Gasteiger partial charge >= 0.3 is 0 Å². The largest absolute Gasteiger partial charge is 0.490 e. The zero-order valence-electron chi connectivity index (χ0n) is 16.4. The van der Waals surface area contributed by atoms with E-state index in [9.17, 15) is 9.59 Å². The number of aromatic nitrogens is 1. The van der Waals surface area contributed by atoms with Crippen LogP contribution in [0.3, 0.4) is 0 Å². The summed E-state index contributed by atoms with van der Waals surface area (Å²) in [6, 6.07) is 9.19. The molecule has 3 heterocycles. The van der Waals surface area contributed by atoms with Crippen molar-refractivity contribution in [3.63, 3.8) is 0 Å². The predicted molar refractivity (Wildman–Crippen MR) is 109 cm³/mol. The normalized spacial score (nSPS) is 16.3. The topological polar surface area (TPSA) is 72.0 Å². The maximum absolute atomic E-state index is 12.6. The highest BCUT2D eigenvalue weighted by Crippen LogP contribution is 2.31. The van der Waals surface area contributed by atoms with E-state index in [0.29, 0.717) is 43.4 Å². The van der Waals surface area contributed by atoms with Crippen LogP contribution in [0.25, 0.3) is 0 Å². The van der Waals surface area contributed by atoms with Crippen LogP contribution in [-0.2, 0) is 4.79 Å². The third-order valence-corrected chi connectivity index (χ3v) is 5.30. The monoisotopic (exact) mass is 395 g/mol. The molecule has 0 N–H and O–H groups in total. The Hall–Kier alpha value is -3.09. The van der Waals surface area contributed by atoms with Gasteiger partial charge in [0.25, 0.3) is 0 Å². The van der Waals surface area contributed by atoms with Crippen molar-refractivity contribution in [1.29, 1.82) is 0 Å². The number of ketones is 1. The summed E-state index contributed by atoms with van der Waals surface area (Å²) in [6.07, 6.45) is 4.79. The molecule has 0 unspecified atom stereocenters. The second kappa shape index (κ2) is 8.94. The van der Waals surface area contributed by atoms with Crippen LogP contribution in [-0.4, -0.2) is 61.0 Å². The van der Waals surface area contributed by atoms with Crippen LogP contribution in [0.2, 0.25) is 0 Å². The van der Waals surface area contributed by atoms with E-state index in [-0.39, 0.29) is 24.5 Å². The summed E-state index contributed by atoms with van der Waals surface area (Å²) >= 11 is 0. The first-order valence-electron chi connectivity index (χ1n) is 10.1. The second-order valence-corrected chi connectivity index (χ2v) is 7.21. The lowest BCUT2D eigenvalue weighted by atomic mass is 10.1. The van der Waals surface area contributed by atoms with Gasteiger partial charge in [-0.25, -0.2) is 0 Å². The van der Waals surface area contributed by atoms with Crippen molar-refractivity contribution in [2.75, 3.05) is 44.3 Å². The number of Topliss-reactive ketones (excluding diaryl/α,β-unsaturated/α-hetero) is 1. The molecule has 0 radical (unpaired) electrons. The number of amides is 1. The predicted octanol–water partition coefficient (Wildman–Crippen LogP) is 2.55. The minimum Gasteiger partial charge on any atom is -0.490 e. The standard InChI is InChI=1S/C22H25N3O4/c26-19(17-2-4-20-21(16-17)29-15-1-14-28-20)3-5-22(27)25-12-10-24(11-13-25)18-6-8-23-9-7-18/h2,4,6-9,16H,1,3,5,10-15H2. The minimum absolute atomic E-state index is 0.0297. The maximum atomic E-state index is 12.6. The molecular formula is C22H25N3O4. The minimum atomic E-state index is -0.0515. The van der Waals surface area contributed by atoms with Gasteiger partial charge in [0.15, 0.2) is 17.3 Å². The summed E-state index contributed by atoms with van der Waals surface area (Å²) in [7, 11) is 0. The Morgan fingerprint density at radius 1 is 0.897 bits per heavy atom. The first-order chi connectivity index (χ1) is 14.2. The van der Waals surface area contributed by atoms with Gasteiger partial charge in [-0.2, -0.15) is 0 Å². The van der Waals surface area contributed by atoms with Gasteiger partial charge < -0.3 is 19.3 Å². The van der Waals surface area contributed by atoms with Crippen molar-refractivity contribution < 1.29 is 19.1 Å². The Labute approximate surface area is 170 Å². The van der Waals surface area contributed by atoms with Gasteiger partial charge in [0.1, 0.15) is 0 Å². The van der Waals surface area contributed by atoms with E-state index < -0.39 is 0 Å². The van der Waals surface area contributed by atoms with Gasteiger partial charge in [0, 0.05) is 69.1 Å². The molecule has 0 spiro atoms. The Balaban J connectivity index is 1.28. The summed E-state index contributed by atoms with van der Waals surface area (Å²) in [5.41, 5.74) is 1.68. The number of ether oxygens (including phenoxy) is 2. The van der Waals surface area contributed by atoms with E-state index in [1.54, 1.807) is 30.6 Å². The van der Waals surface area contributed by atoms with E-state index in [1.807, 2.05) is 17.0 Å². The molecule has 0 bridgehead atoms. The Morgan fingerprint density at radius 3 is 2.38 bits per heavy atom. The molecule has 1 saturated heterocycles. The molecular weight excluding hydrogens is 370 g/mol. The van der Waals surface area contributed by atoms with E-state index >= 15 is 0 Å². The van der Waals surface area contributed by atoms with Crippen LogP contribution in [0, 0.1) is 0 Å². The van der Waals surface area contributed by atoms with Gasteiger partial charge in [0.05, 0.1) is 13.2 Å². The number of pyridine rings is 1. The number of hydrogen-bond acceptors (Lipinski definition) is 6. The van der Waals surface area contributed by atoms with Gasteiger partial charge in [-0.1, -0.05) is 0 Å². The molecule has 0 saturated carbocycles. The molecule has 29 heavy (non-hydrogen) atoms. The number of rotatable bonds is 5. The molecule has 0 atom stereocenters. The summed E-state index contributed by atoms with van der Waals surface area (Å²) in [5.74, 6) is 1.25. The van der Waals surface area contributed by atoms with E-state index in [2.05, 4.69) is 9.88 Å². The number of piperazine rings is 1. The SMILES string of the molecule is O=C(CCC(=O)N1CCN(c2ccncc2)CC1)c1ccc2c(c1)OCCCO2. The third-order valence-electron chi connectivity index (χ3n) is 5.30. The van der Waals surface area contributed by atoms with E-state index in [4.69, 9.17) is 9.47 Å². The summed E-state index contributed by atoms with van der Waals surface area (Å²) in [6.45, 7) is 4.09. The van der Waals surface area contributed by atoms with Gasteiger partial charge in [-0.05, 0) is 30.3 Å². The lowest BCUT2D eigenvalue weighted by molar-refractivity contribution is -0.131. The average molecular weight is 395 g/mol. The molecule has 2 aliphatic heterocycles. The van der Waals surface area contributed by atoms with Gasteiger partial charge in [-0.3, -0.25) is 14.6 Å². The summed E-state index contributed by atoms with van der Waals surface area (Å²) in [4.78, 5) is 33.2. The molecule has 152 valence electrons. The molecule has 1 fully saturated rings. The maximum Gasteiger partial charge on any atom is 0.223 e. The molecule has 7 nitrogen and oxygen atoms in total. The number of fused-ring (bicyclic) bond motifs is 1. The van der Waals surface area contributed by atoms with Crippen molar-refractivity contribution in [2.24, 2.45) is 0 Å². The number of benzene rings is 1. The van der Waals surface area contributed by atoms with Crippen LogP contribution in [0.1, 0.15) is 29.6 Å². The highest BCUT2D eigenvalue weighted by atomic mass is 16.5. The van der Waals surface area contributed by atoms with Crippen molar-refractivity contribution in [2.45, 2.75) is 19.3 Å². The number of carbonyl (C=O) groups excluding carboxylic acids is 2. The highest BCUT2D eigenvalue weighted by molar-refractivity contribution is 5.98. The number of anilines is 1. The third kappa shape index (κ3) is 4.67. The van der Waals surface area contributed by atoms with Crippen LogP contribution in [0.15, 0.2) is 42.7 Å². The molecule has 2 aromatic rings. The van der Waals surface area contributed by atoms with Crippen LogP contribution < -0.4 is 14.4 Å². The molecule has 2 aliphatic rings. The number of hydrogen-bond donors (Lipinski definition) is 0. The summed E-state index contributed by atoms with van der Waals surface area (Å²) < 4.78 is 11.2. The molecule has 1 aromatic heterocycles. The fraction of sp³-hybridized carbons (Fsp3) is 0.409. The Morgan fingerprint density at radius 2 is 1.62 bits per heavy atom. The average Bonchev–Trinajstić information content (AvgIpc) is 3.03. The van der Waals surface area contributed by atoms with Crippen molar-refractivity contribution in [3.8, 4) is 11.5 Å². The summed E-state index contributed by atoms with van der Waals surface area (Å²) in [5, 5.41) is 0. The molecule has 0 aliphatic carbocycles. The Bertz CT molecular complexity index is 864. The first-order valence-corrected chi connectivity index (χ1v) is 10.1. The fourth-order valence-corrected chi connectivity index (χ4v) is 3.63. The lowest BCUT2D eigenvalue weighted by Crippen LogP contribution is -2.48. The molecule has 7 heteroatoms. The van der Waals surface area contributed by atoms with Crippen LogP contribution >= 0.6 is 0 Å². The first kappa shape index (κ1) is 19.2. The number of nitrogens with zero attached hydrogens (tertiary/aromatic N) is 3. The fourth-order valence-electron chi connectivity index (χ4n) is 3.63. The molecule has 1 amide bonds. The smallest absolute Gasteiger partial charge is 0.223 e. The van der Waals surface area contributed by atoms with E-state index in [0.717, 1.165) is 25.2 Å². The van der Waals surface area contributed by atoms with E-state index in [1.165, 1.54) is 0 Å².